The quantitative estimate of drug-likeness (QED) is 0.815. The lowest BCUT2D eigenvalue weighted by molar-refractivity contribution is 0.0241. The van der Waals surface area contributed by atoms with E-state index in [0.29, 0.717) is 18.8 Å². The van der Waals surface area contributed by atoms with E-state index in [4.69, 9.17) is 10.5 Å². The molecule has 0 radical (unpaired) electrons. The van der Waals surface area contributed by atoms with Crippen LogP contribution in [0.5, 0.6) is 0 Å². The highest BCUT2D eigenvalue weighted by molar-refractivity contribution is 5.98. The summed E-state index contributed by atoms with van der Waals surface area (Å²) in [5.41, 5.74) is 8.17. The van der Waals surface area contributed by atoms with Crippen LogP contribution in [0.15, 0.2) is 30.5 Å². The third-order valence-corrected chi connectivity index (χ3v) is 4.05. The van der Waals surface area contributed by atoms with Crippen LogP contribution in [0.3, 0.4) is 0 Å². The number of piperazine rings is 1. The average molecular weight is 328 g/mol. The second kappa shape index (κ2) is 6.19. The Hall–Kier alpha value is -2.50. The standard InChI is InChI=1S/C18H24N4O2/c1-18(2,3)24-17(23)22-11-9-21(10-12-22)15-7-8-20-16-13(15)5-4-6-14(16)19/h4-8H,9-12,19H2,1-3H3. The highest BCUT2D eigenvalue weighted by Crippen LogP contribution is 2.29. The Morgan fingerprint density at radius 2 is 1.88 bits per heavy atom. The maximum Gasteiger partial charge on any atom is 0.410 e. The minimum Gasteiger partial charge on any atom is -0.444 e. The fraction of sp³-hybridized carbons (Fsp3) is 0.444. The summed E-state index contributed by atoms with van der Waals surface area (Å²) < 4.78 is 5.45. The van der Waals surface area contributed by atoms with Gasteiger partial charge in [0, 0.05) is 43.4 Å². The summed E-state index contributed by atoms with van der Waals surface area (Å²) in [6.07, 6.45) is 1.54. The molecule has 1 aliphatic heterocycles. The van der Waals surface area contributed by atoms with Crippen molar-refractivity contribution in [3.8, 4) is 0 Å². The Kier molecular flexibility index (Phi) is 4.22. The summed E-state index contributed by atoms with van der Waals surface area (Å²) >= 11 is 0. The van der Waals surface area contributed by atoms with Crippen molar-refractivity contribution in [2.75, 3.05) is 36.8 Å². The van der Waals surface area contributed by atoms with Crippen LogP contribution in [-0.4, -0.2) is 47.8 Å². The molecule has 0 bridgehead atoms. The lowest BCUT2D eigenvalue weighted by Crippen LogP contribution is -2.50. The van der Waals surface area contributed by atoms with E-state index < -0.39 is 5.60 Å². The number of anilines is 2. The number of nitrogens with zero attached hydrogens (tertiary/aromatic N) is 3. The molecule has 0 aliphatic carbocycles. The summed E-state index contributed by atoms with van der Waals surface area (Å²) in [6.45, 7) is 8.44. The maximum atomic E-state index is 12.2. The number of para-hydroxylation sites is 1. The van der Waals surface area contributed by atoms with Crippen LogP contribution in [-0.2, 0) is 4.74 Å². The topological polar surface area (TPSA) is 71.7 Å². The molecule has 6 heteroatoms. The monoisotopic (exact) mass is 328 g/mol. The minimum atomic E-state index is -0.465. The SMILES string of the molecule is CC(C)(C)OC(=O)N1CCN(c2ccnc3c(N)cccc23)CC1. The third kappa shape index (κ3) is 3.37. The van der Waals surface area contributed by atoms with Crippen LogP contribution >= 0.6 is 0 Å². The Labute approximate surface area is 142 Å². The number of ether oxygens (including phenoxy) is 1. The molecule has 1 aromatic carbocycles. The molecule has 2 heterocycles. The number of carbonyl (C=O) groups is 1. The van der Waals surface area contributed by atoms with Crippen LogP contribution in [0.1, 0.15) is 20.8 Å². The van der Waals surface area contributed by atoms with Gasteiger partial charge in [0.25, 0.3) is 0 Å². The van der Waals surface area contributed by atoms with Crippen LogP contribution < -0.4 is 10.6 Å². The number of amides is 1. The van der Waals surface area contributed by atoms with Crippen molar-refractivity contribution in [1.29, 1.82) is 0 Å². The van der Waals surface area contributed by atoms with Gasteiger partial charge in [0.2, 0.25) is 0 Å². The van der Waals surface area contributed by atoms with Gasteiger partial charge in [-0.3, -0.25) is 4.98 Å². The van der Waals surface area contributed by atoms with Gasteiger partial charge in [-0.15, -0.1) is 0 Å². The molecular weight excluding hydrogens is 304 g/mol. The molecule has 0 spiro atoms. The molecule has 2 N–H and O–H groups in total. The van der Waals surface area contributed by atoms with Gasteiger partial charge in [-0.05, 0) is 32.9 Å². The van der Waals surface area contributed by atoms with Crippen LogP contribution in [0.25, 0.3) is 10.9 Å². The van der Waals surface area contributed by atoms with Gasteiger partial charge in [0.15, 0.2) is 0 Å². The Balaban J connectivity index is 1.74. The third-order valence-electron chi connectivity index (χ3n) is 4.05. The van der Waals surface area contributed by atoms with E-state index in [1.807, 2.05) is 45.0 Å². The first-order valence-electron chi connectivity index (χ1n) is 8.21. The lowest BCUT2D eigenvalue weighted by Gasteiger charge is -2.37. The number of nitrogen functional groups attached to an aromatic ring is 1. The number of carbonyl (C=O) groups excluding carboxylic acids is 1. The molecule has 1 fully saturated rings. The molecular formula is C18H24N4O2. The second-order valence-corrected chi connectivity index (χ2v) is 7.03. The Morgan fingerprint density at radius 1 is 1.17 bits per heavy atom. The zero-order valence-corrected chi connectivity index (χ0v) is 14.5. The van der Waals surface area contributed by atoms with Crippen molar-refractivity contribution in [3.05, 3.63) is 30.5 Å². The smallest absolute Gasteiger partial charge is 0.410 e. The number of nitrogens with two attached hydrogens (primary N) is 1. The summed E-state index contributed by atoms with van der Waals surface area (Å²) in [7, 11) is 0. The molecule has 1 saturated heterocycles. The molecule has 1 aliphatic rings. The molecule has 6 nitrogen and oxygen atoms in total. The molecule has 24 heavy (non-hydrogen) atoms. The Morgan fingerprint density at radius 3 is 2.54 bits per heavy atom. The maximum absolute atomic E-state index is 12.2. The van der Waals surface area contributed by atoms with Crippen molar-refractivity contribution >= 4 is 28.4 Å². The van der Waals surface area contributed by atoms with Crippen LogP contribution in [0.4, 0.5) is 16.2 Å². The van der Waals surface area contributed by atoms with Gasteiger partial charge in [-0.25, -0.2) is 4.79 Å². The fourth-order valence-corrected chi connectivity index (χ4v) is 2.92. The molecule has 2 aromatic rings. The van der Waals surface area contributed by atoms with E-state index in [1.54, 1.807) is 11.1 Å². The largest absolute Gasteiger partial charge is 0.444 e. The number of hydrogen-bond donors (Lipinski definition) is 1. The first kappa shape index (κ1) is 16.4. The molecule has 0 unspecified atom stereocenters. The van der Waals surface area contributed by atoms with Crippen molar-refractivity contribution in [2.24, 2.45) is 0 Å². The summed E-state index contributed by atoms with van der Waals surface area (Å²) in [5, 5.41) is 1.04. The second-order valence-electron chi connectivity index (χ2n) is 7.03. The predicted octanol–water partition coefficient (Wildman–Crippen LogP) is 2.87. The highest BCUT2D eigenvalue weighted by atomic mass is 16.6. The number of benzene rings is 1. The van der Waals surface area contributed by atoms with Gasteiger partial charge in [-0.1, -0.05) is 12.1 Å². The first-order chi connectivity index (χ1) is 11.3. The molecule has 0 saturated carbocycles. The molecule has 128 valence electrons. The van der Waals surface area contributed by atoms with Crippen molar-refractivity contribution < 1.29 is 9.53 Å². The fourth-order valence-electron chi connectivity index (χ4n) is 2.92. The minimum absolute atomic E-state index is 0.244. The van der Waals surface area contributed by atoms with Crippen LogP contribution in [0, 0.1) is 0 Å². The van der Waals surface area contributed by atoms with E-state index >= 15 is 0 Å². The van der Waals surface area contributed by atoms with Gasteiger partial charge < -0.3 is 20.3 Å². The number of pyridine rings is 1. The normalized spacial score (nSPS) is 15.6. The number of aromatic nitrogens is 1. The predicted molar refractivity (Wildman–Crippen MR) is 96.2 cm³/mol. The highest BCUT2D eigenvalue weighted by Gasteiger charge is 2.26. The van der Waals surface area contributed by atoms with Crippen LogP contribution in [0.2, 0.25) is 0 Å². The summed E-state index contributed by atoms with van der Waals surface area (Å²) in [4.78, 5) is 20.6. The van der Waals surface area contributed by atoms with E-state index in [-0.39, 0.29) is 6.09 Å². The van der Waals surface area contributed by atoms with E-state index in [2.05, 4.69) is 9.88 Å². The first-order valence-corrected chi connectivity index (χ1v) is 8.21. The van der Waals surface area contributed by atoms with Gasteiger partial charge in [-0.2, -0.15) is 0 Å². The van der Waals surface area contributed by atoms with Gasteiger partial charge >= 0.3 is 6.09 Å². The number of hydrogen-bond acceptors (Lipinski definition) is 5. The van der Waals surface area contributed by atoms with Gasteiger partial charge in [0.1, 0.15) is 5.60 Å². The Bertz CT molecular complexity index is 746. The molecule has 3 rings (SSSR count). The lowest BCUT2D eigenvalue weighted by atomic mass is 10.1. The molecule has 0 atom stereocenters. The number of rotatable bonds is 1. The summed E-state index contributed by atoms with van der Waals surface area (Å²) in [6, 6.07) is 7.85. The van der Waals surface area contributed by atoms with Crippen molar-refractivity contribution in [1.82, 2.24) is 9.88 Å². The van der Waals surface area contributed by atoms with Gasteiger partial charge in [0.05, 0.1) is 11.2 Å². The zero-order valence-electron chi connectivity index (χ0n) is 14.5. The van der Waals surface area contributed by atoms with E-state index in [0.717, 1.165) is 29.7 Å². The molecule has 1 aromatic heterocycles. The molecule has 1 amide bonds. The number of fused-ring (bicyclic) bond motifs is 1. The van der Waals surface area contributed by atoms with Crippen molar-refractivity contribution in [3.63, 3.8) is 0 Å². The van der Waals surface area contributed by atoms with E-state index in [9.17, 15) is 4.79 Å². The summed E-state index contributed by atoms with van der Waals surface area (Å²) in [5.74, 6) is 0. The average Bonchev–Trinajstić information content (AvgIpc) is 2.53. The van der Waals surface area contributed by atoms with Crippen molar-refractivity contribution in [2.45, 2.75) is 26.4 Å². The van der Waals surface area contributed by atoms with E-state index in [1.165, 1.54) is 0 Å². The zero-order chi connectivity index (χ0) is 17.3.